The minimum atomic E-state index is -3.70. The van der Waals surface area contributed by atoms with Crippen LogP contribution in [0.15, 0.2) is 57.8 Å². The molecule has 1 saturated heterocycles. The van der Waals surface area contributed by atoms with E-state index < -0.39 is 15.9 Å². The van der Waals surface area contributed by atoms with Gasteiger partial charge in [-0.15, -0.1) is 10.2 Å². The third-order valence-corrected chi connectivity index (χ3v) is 9.57. The first-order valence-corrected chi connectivity index (χ1v) is 14.1. The summed E-state index contributed by atoms with van der Waals surface area (Å²) < 4.78 is 33.8. The molecule has 4 rings (SSSR count). The largest absolute Gasteiger partial charge is 0.496 e. The number of sulfonamides is 1. The van der Waals surface area contributed by atoms with E-state index in [1.54, 1.807) is 0 Å². The van der Waals surface area contributed by atoms with Gasteiger partial charge in [0.05, 0.1) is 17.6 Å². The number of anilines is 1. The van der Waals surface area contributed by atoms with Crippen molar-refractivity contribution in [3.05, 3.63) is 59.7 Å². The number of hydrogen-bond donors (Lipinski definition) is 1. The summed E-state index contributed by atoms with van der Waals surface area (Å²) in [5, 5.41) is 11.2. The highest BCUT2D eigenvalue weighted by atomic mass is 32.2. The van der Waals surface area contributed by atoms with Crippen molar-refractivity contribution in [3.8, 4) is 5.75 Å². The highest BCUT2D eigenvalue weighted by molar-refractivity contribution is 8.00. The number of carbonyl (C=O) groups is 1. The van der Waals surface area contributed by atoms with Gasteiger partial charge in [-0.25, -0.2) is 8.42 Å². The average molecular weight is 519 g/mol. The second kappa shape index (κ2) is 10.9. The molecule has 3 aromatic rings. The number of thioether (sulfide) groups is 1. The lowest BCUT2D eigenvalue weighted by Crippen LogP contribution is -2.37. The molecule has 180 valence electrons. The van der Waals surface area contributed by atoms with Crippen LogP contribution in [0.25, 0.3) is 0 Å². The molecule has 2 heterocycles. The van der Waals surface area contributed by atoms with E-state index in [1.165, 1.54) is 58.3 Å². The first-order valence-electron chi connectivity index (χ1n) is 10.9. The molecule has 11 heteroatoms. The van der Waals surface area contributed by atoms with Crippen LogP contribution in [0.4, 0.5) is 5.13 Å². The minimum Gasteiger partial charge on any atom is -0.496 e. The van der Waals surface area contributed by atoms with E-state index in [1.807, 2.05) is 30.3 Å². The standard InChI is InChI=1S/C23H26N4O4S3/c1-16-10-12-27(13-11-16)34(29,30)18-8-9-20(31-2)19(14-18)21(28)24-22-25-26-23(33-22)32-15-17-6-4-3-5-7-17/h3-9,14,16H,10-13,15H2,1-2H3,(H,24,25,28). The normalized spacial score (nSPS) is 15.2. The smallest absolute Gasteiger partial charge is 0.261 e. The summed E-state index contributed by atoms with van der Waals surface area (Å²) in [7, 11) is -2.26. The van der Waals surface area contributed by atoms with Crippen LogP contribution in [0.3, 0.4) is 0 Å². The number of nitrogens with zero attached hydrogens (tertiary/aromatic N) is 3. The highest BCUT2D eigenvalue weighted by Crippen LogP contribution is 2.31. The van der Waals surface area contributed by atoms with Gasteiger partial charge in [-0.05, 0) is 42.5 Å². The zero-order valence-electron chi connectivity index (χ0n) is 18.9. The fraction of sp³-hybridized carbons (Fsp3) is 0.348. The van der Waals surface area contributed by atoms with Crippen molar-refractivity contribution >= 4 is 44.2 Å². The third kappa shape index (κ3) is 5.77. The van der Waals surface area contributed by atoms with Crippen molar-refractivity contribution in [1.82, 2.24) is 14.5 Å². The average Bonchev–Trinajstić information content (AvgIpc) is 3.30. The van der Waals surface area contributed by atoms with Crippen molar-refractivity contribution < 1.29 is 17.9 Å². The van der Waals surface area contributed by atoms with Gasteiger partial charge in [0.1, 0.15) is 5.75 Å². The van der Waals surface area contributed by atoms with Crippen molar-refractivity contribution in [2.75, 3.05) is 25.5 Å². The predicted molar refractivity (Wildman–Crippen MR) is 134 cm³/mol. The molecule has 2 aromatic carbocycles. The summed E-state index contributed by atoms with van der Waals surface area (Å²) in [5.74, 6) is 1.03. The molecule has 0 radical (unpaired) electrons. The van der Waals surface area contributed by atoms with Crippen LogP contribution in [0.1, 0.15) is 35.7 Å². The van der Waals surface area contributed by atoms with Gasteiger partial charge >= 0.3 is 0 Å². The molecule has 0 aliphatic carbocycles. The van der Waals surface area contributed by atoms with Crippen molar-refractivity contribution in [1.29, 1.82) is 0 Å². The maximum absolute atomic E-state index is 13.1. The number of amides is 1. The van der Waals surface area contributed by atoms with Crippen molar-refractivity contribution in [2.24, 2.45) is 5.92 Å². The number of benzene rings is 2. The molecule has 8 nitrogen and oxygen atoms in total. The lowest BCUT2D eigenvalue weighted by atomic mass is 10.0. The van der Waals surface area contributed by atoms with Crippen LogP contribution in [0, 0.1) is 5.92 Å². The molecular weight excluding hydrogens is 492 g/mol. The van der Waals surface area contributed by atoms with Crippen LogP contribution in [-0.2, 0) is 15.8 Å². The summed E-state index contributed by atoms with van der Waals surface area (Å²) in [6.07, 6.45) is 1.65. The Hall–Kier alpha value is -2.47. The van der Waals surface area contributed by atoms with Crippen LogP contribution < -0.4 is 10.1 Å². The molecular formula is C23H26N4O4S3. The summed E-state index contributed by atoms with van der Waals surface area (Å²) in [6, 6.07) is 14.4. The van der Waals surface area contributed by atoms with E-state index in [0.717, 1.165) is 22.9 Å². The SMILES string of the molecule is COc1ccc(S(=O)(=O)N2CCC(C)CC2)cc1C(=O)Nc1nnc(SCc2ccccc2)s1. The maximum atomic E-state index is 13.1. The van der Waals surface area contributed by atoms with E-state index in [4.69, 9.17) is 4.74 Å². The number of piperidine rings is 1. The van der Waals surface area contributed by atoms with Gasteiger partial charge in [-0.3, -0.25) is 10.1 Å². The van der Waals surface area contributed by atoms with Crippen LogP contribution in [-0.4, -0.2) is 49.0 Å². The number of nitrogens with one attached hydrogen (secondary N) is 1. The quantitative estimate of drug-likeness (QED) is 0.346. The van der Waals surface area contributed by atoms with Gasteiger partial charge in [-0.2, -0.15) is 4.31 Å². The Labute approximate surface area is 207 Å². The highest BCUT2D eigenvalue weighted by Gasteiger charge is 2.29. The van der Waals surface area contributed by atoms with Gasteiger partial charge in [0, 0.05) is 18.8 Å². The van der Waals surface area contributed by atoms with Gasteiger partial charge in [-0.1, -0.05) is 60.4 Å². The van der Waals surface area contributed by atoms with Gasteiger partial charge in [0.25, 0.3) is 5.91 Å². The van der Waals surface area contributed by atoms with E-state index >= 15 is 0 Å². The molecule has 1 amide bonds. The third-order valence-electron chi connectivity index (χ3n) is 5.63. The predicted octanol–water partition coefficient (Wildman–Crippen LogP) is 4.51. The fourth-order valence-corrected chi connectivity index (χ4v) is 6.80. The van der Waals surface area contributed by atoms with Gasteiger partial charge < -0.3 is 4.74 Å². The number of carbonyl (C=O) groups excluding carboxylic acids is 1. The first kappa shape index (κ1) is 24.6. The van der Waals surface area contributed by atoms with Crippen LogP contribution >= 0.6 is 23.1 Å². The molecule has 1 aromatic heterocycles. The number of methoxy groups -OCH3 is 1. The second-order valence-corrected chi connectivity index (χ2v) is 12.2. The molecule has 1 fully saturated rings. The monoisotopic (exact) mass is 518 g/mol. The summed E-state index contributed by atoms with van der Waals surface area (Å²) in [4.78, 5) is 13.1. The summed E-state index contributed by atoms with van der Waals surface area (Å²) >= 11 is 2.79. The summed E-state index contributed by atoms with van der Waals surface area (Å²) in [6.45, 7) is 3.08. The second-order valence-electron chi connectivity index (χ2n) is 8.05. The van der Waals surface area contributed by atoms with E-state index in [2.05, 4.69) is 22.4 Å². The fourth-order valence-electron chi connectivity index (χ4n) is 3.60. The molecule has 1 aliphatic rings. The Bertz CT molecular complexity index is 1240. The van der Waals surface area contributed by atoms with Gasteiger partial charge in [0.2, 0.25) is 15.2 Å². The molecule has 0 atom stereocenters. The zero-order valence-corrected chi connectivity index (χ0v) is 21.4. The van der Waals surface area contributed by atoms with E-state index in [0.29, 0.717) is 24.1 Å². The number of rotatable bonds is 8. The molecule has 1 N–H and O–H groups in total. The molecule has 1 aliphatic heterocycles. The zero-order chi connectivity index (χ0) is 24.1. The molecule has 0 saturated carbocycles. The molecule has 0 spiro atoms. The van der Waals surface area contributed by atoms with Crippen LogP contribution in [0.5, 0.6) is 5.75 Å². The molecule has 34 heavy (non-hydrogen) atoms. The number of ether oxygens (including phenoxy) is 1. The van der Waals surface area contributed by atoms with E-state index in [-0.39, 0.29) is 16.2 Å². The first-order chi connectivity index (χ1) is 16.4. The van der Waals surface area contributed by atoms with Gasteiger partial charge in [0.15, 0.2) is 4.34 Å². The lowest BCUT2D eigenvalue weighted by Gasteiger charge is -2.29. The van der Waals surface area contributed by atoms with Crippen LogP contribution in [0.2, 0.25) is 0 Å². The minimum absolute atomic E-state index is 0.0735. The Morgan fingerprint density at radius 3 is 2.62 bits per heavy atom. The Morgan fingerprint density at radius 1 is 1.18 bits per heavy atom. The number of hydrogen-bond acceptors (Lipinski definition) is 8. The van der Waals surface area contributed by atoms with E-state index in [9.17, 15) is 13.2 Å². The lowest BCUT2D eigenvalue weighted by molar-refractivity contribution is 0.102. The Kier molecular flexibility index (Phi) is 7.87. The number of aromatic nitrogens is 2. The van der Waals surface area contributed by atoms with Crippen molar-refractivity contribution in [3.63, 3.8) is 0 Å². The topological polar surface area (TPSA) is 101 Å². The van der Waals surface area contributed by atoms with Crippen molar-refractivity contribution in [2.45, 2.75) is 34.8 Å². The Balaban J connectivity index is 1.48. The Morgan fingerprint density at radius 2 is 1.91 bits per heavy atom. The molecule has 0 bridgehead atoms. The summed E-state index contributed by atoms with van der Waals surface area (Å²) in [5.41, 5.74) is 1.29. The molecule has 0 unspecified atom stereocenters. The maximum Gasteiger partial charge on any atom is 0.261 e.